The fraction of sp³-hybridized carbons (Fsp3) is 0.529. The molecule has 0 unspecified atom stereocenters. The van der Waals surface area contributed by atoms with Crippen LogP contribution in [-0.4, -0.2) is 30.9 Å². The van der Waals surface area contributed by atoms with E-state index in [1.807, 2.05) is 38.1 Å². The first-order valence-electron chi connectivity index (χ1n) is 7.88. The second kappa shape index (κ2) is 5.60. The number of nitrogens with zero attached hydrogens (tertiary/aromatic N) is 1. The van der Waals surface area contributed by atoms with Crippen LogP contribution >= 0.6 is 0 Å². The molecule has 112 valence electrons. The molecule has 0 bridgehead atoms. The molecule has 0 aromatic heterocycles. The number of nitrogens with one attached hydrogen (secondary N) is 1. The van der Waals surface area contributed by atoms with Crippen molar-refractivity contribution < 1.29 is 14.5 Å². The molecule has 2 aliphatic rings. The Labute approximate surface area is 125 Å². The van der Waals surface area contributed by atoms with Gasteiger partial charge in [-0.25, -0.2) is 4.90 Å². The second-order valence-corrected chi connectivity index (χ2v) is 6.33. The van der Waals surface area contributed by atoms with Crippen molar-refractivity contribution in [3.63, 3.8) is 0 Å². The molecule has 1 aromatic rings. The highest BCUT2D eigenvalue weighted by Gasteiger charge is 2.51. The van der Waals surface area contributed by atoms with Crippen LogP contribution in [0.25, 0.3) is 0 Å². The lowest BCUT2D eigenvalue weighted by Gasteiger charge is -2.29. The average Bonchev–Trinajstić information content (AvgIpc) is 2.72. The molecular formula is C17H23N2O2+. The Morgan fingerprint density at radius 1 is 1.00 bits per heavy atom. The van der Waals surface area contributed by atoms with Crippen LogP contribution in [0.1, 0.15) is 31.7 Å². The molecule has 4 heteroatoms. The lowest BCUT2D eigenvalue weighted by Crippen LogP contribution is -3.18. The van der Waals surface area contributed by atoms with Crippen molar-refractivity contribution in [2.45, 2.75) is 39.2 Å². The van der Waals surface area contributed by atoms with Crippen LogP contribution in [0.5, 0.6) is 0 Å². The topological polar surface area (TPSA) is 41.8 Å². The van der Waals surface area contributed by atoms with E-state index in [4.69, 9.17) is 0 Å². The van der Waals surface area contributed by atoms with Crippen molar-refractivity contribution in [2.75, 3.05) is 18.0 Å². The summed E-state index contributed by atoms with van der Waals surface area (Å²) >= 11 is 0. The molecule has 2 amide bonds. The minimum atomic E-state index is -0.216. The molecule has 1 N–H and O–H groups in total. The predicted molar refractivity (Wildman–Crippen MR) is 81.2 cm³/mol. The van der Waals surface area contributed by atoms with Crippen molar-refractivity contribution >= 4 is 17.5 Å². The number of quaternary nitrogens is 1. The second-order valence-electron chi connectivity index (χ2n) is 6.33. The van der Waals surface area contributed by atoms with Crippen molar-refractivity contribution in [3.8, 4) is 0 Å². The number of hydrogen-bond acceptors (Lipinski definition) is 2. The molecular weight excluding hydrogens is 264 g/mol. The Hall–Kier alpha value is -1.68. The Morgan fingerprint density at radius 2 is 1.62 bits per heavy atom. The van der Waals surface area contributed by atoms with Gasteiger partial charge in [-0.15, -0.1) is 0 Å². The number of amides is 2. The van der Waals surface area contributed by atoms with E-state index in [1.165, 1.54) is 16.2 Å². The van der Waals surface area contributed by atoms with Crippen LogP contribution in [0.15, 0.2) is 24.3 Å². The number of imide groups is 1. The van der Waals surface area contributed by atoms with Crippen molar-refractivity contribution in [1.29, 1.82) is 0 Å². The van der Waals surface area contributed by atoms with Gasteiger partial charge in [-0.1, -0.05) is 17.7 Å². The Kier molecular flexibility index (Phi) is 3.81. The van der Waals surface area contributed by atoms with Gasteiger partial charge in [-0.2, -0.15) is 0 Å². The van der Waals surface area contributed by atoms with E-state index in [1.54, 1.807) is 0 Å². The fourth-order valence-corrected chi connectivity index (χ4v) is 3.60. The summed E-state index contributed by atoms with van der Waals surface area (Å²) in [6.07, 6.45) is 3.56. The summed E-state index contributed by atoms with van der Waals surface area (Å²) in [6.45, 7) is 5.92. The zero-order valence-electron chi connectivity index (χ0n) is 12.8. The van der Waals surface area contributed by atoms with Gasteiger partial charge in [0.2, 0.25) is 5.91 Å². The zero-order valence-corrected chi connectivity index (χ0v) is 12.8. The first-order valence-corrected chi connectivity index (χ1v) is 7.88. The van der Waals surface area contributed by atoms with E-state index >= 15 is 0 Å². The first kappa shape index (κ1) is 14.3. The monoisotopic (exact) mass is 287 g/mol. The van der Waals surface area contributed by atoms with Crippen LogP contribution in [0.4, 0.5) is 5.69 Å². The van der Waals surface area contributed by atoms with Crippen molar-refractivity contribution in [2.24, 2.45) is 5.92 Å². The van der Waals surface area contributed by atoms with Crippen molar-refractivity contribution in [1.82, 2.24) is 0 Å². The molecule has 0 saturated carbocycles. The van der Waals surface area contributed by atoms with Gasteiger partial charge in [0, 0.05) is 0 Å². The minimum absolute atomic E-state index is 0.0201. The maximum atomic E-state index is 12.8. The van der Waals surface area contributed by atoms with Gasteiger partial charge in [0.05, 0.1) is 24.7 Å². The number of benzene rings is 1. The number of carbonyl (C=O) groups excluding carboxylic acids is 2. The number of piperidine rings is 1. The largest absolute Gasteiger partial charge is 0.324 e. The van der Waals surface area contributed by atoms with Gasteiger partial charge < -0.3 is 4.90 Å². The maximum absolute atomic E-state index is 12.8. The summed E-state index contributed by atoms with van der Waals surface area (Å²) in [7, 11) is 0. The van der Waals surface area contributed by atoms with Crippen LogP contribution in [0, 0.1) is 12.8 Å². The smallest absolute Gasteiger partial charge is 0.292 e. The Balaban J connectivity index is 1.87. The van der Waals surface area contributed by atoms with Crippen LogP contribution in [0.3, 0.4) is 0 Å². The van der Waals surface area contributed by atoms with E-state index in [9.17, 15) is 9.59 Å². The van der Waals surface area contributed by atoms with E-state index in [-0.39, 0.29) is 23.8 Å². The van der Waals surface area contributed by atoms with Gasteiger partial charge >= 0.3 is 0 Å². The third kappa shape index (κ3) is 2.48. The molecule has 2 aliphatic heterocycles. The first-order chi connectivity index (χ1) is 10.1. The molecule has 3 rings (SSSR count). The molecule has 2 fully saturated rings. The number of likely N-dealkylation sites (tertiary alicyclic amines) is 1. The summed E-state index contributed by atoms with van der Waals surface area (Å²) < 4.78 is 0. The highest BCUT2D eigenvalue weighted by atomic mass is 16.2. The molecule has 2 heterocycles. The quantitative estimate of drug-likeness (QED) is 0.823. The lowest BCUT2D eigenvalue weighted by atomic mass is 10.0. The molecule has 4 nitrogen and oxygen atoms in total. The zero-order chi connectivity index (χ0) is 15.0. The number of rotatable bonds is 2. The third-order valence-electron chi connectivity index (χ3n) is 4.82. The number of anilines is 1. The van der Waals surface area contributed by atoms with Gasteiger partial charge in [-0.05, 0) is 45.2 Å². The van der Waals surface area contributed by atoms with E-state index < -0.39 is 0 Å². The van der Waals surface area contributed by atoms with Gasteiger partial charge in [-0.3, -0.25) is 9.59 Å². The third-order valence-corrected chi connectivity index (χ3v) is 4.82. The summed E-state index contributed by atoms with van der Waals surface area (Å²) in [5.41, 5.74) is 1.84. The van der Waals surface area contributed by atoms with E-state index in [0.29, 0.717) is 5.69 Å². The van der Waals surface area contributed by atoms with Crippen LogP contribution in [0.2, 0.25) is 0 Å². The van der Waals surface area contributed by atoms with E-state index in [2.05, 4.69) is 0 Å². The molecule has 0 aliphatic carbocycles. The highest BCUT2D eigenvalue weighted by molar-refractivity contribution is 6.22. The highest BCUT2D eigenvalue weighted by Crippen LogP contribution is 2.26. The standard InChI is InChI=1S/C17H22N2O2/c1-12-6-8-14(9-7-12)19-16(20)13(2)15(17(19)21)18-10-4-3-5-11-18/h6-9,13,15H,3-5,10-11H2,1-2H3/p+1/t13-,15-/m1/s1. The Bertz CT molecular complexity index is 546. The summed E-state index contributed by atoms with van der Waals surface area (Å²) in [5.74, 6) is -0.285. The van der Waals surface area contributed by atoms with E-state index in [0.717, 1.165) is 31.5 Å². The SMILES string of the molecule is Cc1ccc(N2C(=O)[C@H](C)[C@@H]([NH+]3CCCCC3)C2=O)cc1. The number of carbonyl (C=O) groups is 2. The molecule has 2 atom stereocenters. The van der Waals surface area contributed by atoms with Crippen molar-refractivity contribution in [3.05, 3.63) is 29.8 Å². The number of hydrogen-bond donors (Lipinski definition) is 1. The predicted octanol–water partition coefficient (Wildman–Crippen LogP) is 0.942. The summed E-state index contributed by atoms with van der Waals surface area (Å²) in [4.78, 5) is 28.0. The van der Waals surface area contributed by atoms with Crippen LogP contribution in [-0.2, 0) is 9.59 Å². The molecule has 0 radical (unpaired) electrons. The Morgan fingerprint density at radius 3 is 2.24 bits per heavy atom. The van der Waals surface area contributed by atoms with Crippen LogP contribution < -0.4 is 9.80 Å². The number of aryl methyl sites for hydroxylation is 1. The normalized spacial score (nSPS) is 27.4. The fourth-order valence-electron chi connectivity index (χ4n) is 3.60. The molecule has 1 aromatic carbocycles. The molecule has 2 saturated heterocycles. The molecule has 0 spiro atoms. The lowest BCUT2D eigenvalue weighted by molar-refractivity contribution is -0.922. The summed E-state index contributed by atoms with van der Waals surface area (Å²) in [6, 6.07) is 7.43. The average molecular weight is 287 g/mol. The van der Waals surface area contributed by atoms with Gasteiger partial charge in [0.25, 0.3) is 5.91 Å². The van der Waals surface area contributed by atoms with Gasteiger partial charge in [0.15, 0.2) is 6.04 Å². The minimum Gasteiger partial charge on any atom is -0.324 e. The van der Waals surface area contributed by atoms with Gasteiger partial charge in [0.1, 0.15) is 0 Å². The maximum Gasteiger partial charge on any atom is 0.292 e. The summed E-state index contributed by atoms with van der Waals surface area (Å²) in [5, 5.41) is 0. The molecule has 21 heavy (non-hydrogen) atoms.